The minimum Gasteiger partial charge on any atom is -0.496 e. The van der Waals surface area contributed by atoms with E-state index in [1.54, 1.807) is 7.11 Å². The van der Waals surface area contributed by atoms with Gasteiger partial charge in [0.25, 0.3) is 0 Å². The van der Waals surface area contributed by atoms with Crippen LogP contribution in [0, 0.1) is 0 Å². The molecule has 1 aromatic carbocycles. The summed E-state index contributed by atoms with van der Waals surface area (Å²) in [6.45, 7) is 0. The Kier molecular flexibility index (Phi) is 3.97. The van der Waals surface area contributed by atoms with Gasteiger partial charge < -0.3 is 4.74 Å². The molecule has 0 saturated carbocycles. The molecule has 0 spiro atoms. The molecule has 0 aliphatic heterocycles. The zero-order chi connectivity index (χ0) is 13.7. The van der Waals surface area contributed by atoms with Crippen molar-refractivity contribution >= 4 is 11.9 Å². The SMILES string of the molecule is COc1ccccc1CCC(=O)Nc1n[nH]c(=O)[nH]1. The number of hydrogen-bond acceptors (Lipinski definition) is 4. The van der Waals surface area contributed by atoms with Gasteiger partial charge in [0, 0.05) is 6.42 Å². The third kappa shape index (κ3) is 3.44. The summed E-state index contributed by atoms with van der Waals surface area (Å²) in [4.78, 5) is 24.8. The van der Waals surface area contributed by atoms with Crippen molar-refractivity contribution in [1.29, 1.82) is 0 Å². The van der Waals surface area contributed by atoms with Crippen molar-refractivity contribution in [1.82, 2.24) is 15.2 Å². The monoisotopic (exact) mass is 262 g/mol. The number of amides is 1. The normalized spacial score (nSPS) is 10.2. The third-order valence-corrected chi connectivity index (χ3v) is 2.57. The standard InChI is InChI=1S/C12H14N4O3/c1-19-9-5-3-2-4-8(9)6-7-10(17)13-11-14-12(18)16-15-11/h2-5H,6-7H2,1H3,(H3,13,14,15,16,17,18). The molecule has 1 heterocycles. The number of methoxy groups -OCH3 is 1. The second-order valence-electron chi connectivity index (χ2n) is 3.89. The van der Waals surface area contributed by atoms with E-state index in [-0.39, 0.29) is 18.3 Å². The number of benzene rings is 1. The second-order valence-corrected chi connectivity index (χ2v) is 3.89. The first kappa shape index (κ1) is 12.9. The quantitative estimate of drug-likeness (QED) is 0.737. The summed E-state index contributed by atoms with van der Waals surface area (Å²) in [6, 6.07) is 7.51. The number of para-hydroxylation sites is 1. The molecule has 0 unspecified atom stereocenters. The van der Waals surface area contributed by atoms with Gasteiger partial charge >= 0.3 is 5.69 Å². The fraction of sp³-hybridized carbons (Fsp3) is 0.250. The molecule has 0 saturated heterocycles. The van der Waals surface area contributed by atoms with Crippen LogP contribution in [-0.4, -0.2) is 28.2 Å². The molecule has 7 heteroatoms. The van der Waals surface area contributed by atoms with Crippen LogP contribution in [0.1, 0.15) is 12.0 Å². The van der Waals surface area contributed by atoms with E-state index in [0.717, 1.165) is 11.3 Å². The van der Waals surface area contributed by atoms with E-state index in [2.05, 4.69) is 20.5 Å². The number of H-pyrrole nitrogens is 2. The van der Waals surface area contributed by atoms with E-state index >= 15 is 0 Å². The molecule has 1 amide bonds. The van der Waals surface area contributed by atoms with Gasteiger partial charge in [-0.3, -0.25) is 15.1 Å². The Hall–Kier alpha value is -2.57. The molecule has 2 rings (SSSR count). The van der Waals surface area contributed by atoms with Crippen LogP contribution in [-0.2, 0) is 11.2 Å². The zero-order valence-electron chi connectivity index (χ0n) is 10.4. The van der Waals surface area contributed by atoms with Gasteiger partial charge in [0.1, 0.15) is 5.75 Å². The first-order valence-electron chi connectivity index (χ1n) is 5.75. The lowest BCUT2D eigenvalue weighted by Crippen LogP contribution is -2.14. The van der Waals surface area contributed by atoms with E-state index in [0.29, 0.717) is 6.42 Å². The van der Waals surface area contributed by atoms with Crippen molar-refractivity contribution in [2.24, 2.45) is 0 Å². The van der Waals surface area contributed by atoms with Gasteiger partial charge in [-0.25, -0.2) is 9.89 Å². The number of anilines is 1. The molecule has 7 nitrogen and oxygen atoms in total. The van der Waals surface area contributed by atoms with Gasteiger partial charge in [-0.2, -0.15) is 0 Å². The van der Waals surface area contributed by atoms with Crippen LogP contribution in [0.3, 0.4) is 0 Å². The number of aryl methyl sites for hydroxylation is 1. The first-order valence-corrected chi connectivity index (χ1v) is 5.75. The highest BCUT2D eigenvalue weighted by atomic mass is 16.5. The van der Waals surface area contributed by atoms with Gasteiger partial charge in [0.2, 0.25) is 11.9 Å². The molecule has 0 fully saturated rings. The van der Waals surface area contributed by atoms with Gasteiger partial charge in [-0.05, 0) is 18.1 Å². The molecule has 0 aliphatic rings. The Labute approximate surface area is 109 Å². The van der Waals surface area contributed by atoms with Crippen LogP contribution in [0.25, 0.3) is 0 Å². The highest BCUT2D eigenvalue weighted by molar-refractivity contribution is 5.88. The summed E-state index contributed by atoms with van der Waals surface area (Å²) in [5.41, 5.74) is 0.496. The smallest absolute Gasteiger partial charge is 0.342 e. The Morgan fingerprint density at radius 1 is 1.42 bits per heavy atom. The lowest BCUT2D eigenvalue weighted by molar-refractivity contribution is -0.116. The average molecular weight is 262 g/mol. The van der Waals surface area contributed by atoms with Crippen LogP contribution < -0.4 is 15.7 Å². The van der Waals surface area contributed by atoms with Gasteiger partial charge in [0.05, 0.1) is 7.11 Å². The molecule has 0 bridgehead atoms. The topological polar surface area (TPSA) is 99.9 Å². The molecular weight excluding hydrogens is 248 g/mol. The van der Waals surface area contributed by atoms with E-state index in [1.807, 2.05) is 24.3 Å². The van der Waals surface area contributed by atoms with Crippen LogP contribution in [0.5, 0.6) is 5.75 Å². The number of aromatic amines is 2. The van der Waals surface area contributed by atoms with Crippen molar-refractivity contribution in [3.8, 4) is 5.75 Å². The summed E-state index contributed by atoms with van der Waals surface area (Å²) >= 11 is 0. The van der Waals surface area contributed by atoms with Crippen LogP contribution >= 0.6 is 0 Å². The Morgan fingerprint density at radius 2 is 2.21 bits per heavy atom. The summed E-state index contributed by atoms with van der Waals surface area (Å²) in [6.07, 6.45) is 0.819. The number of carbonyl (C=O) groups is 1. The van der Waals surface area contributed by atoms with Crippen molar-refractivity contribution in [2.75, 3.05) is 12.4 Å². The fourth-order valence-electron chi connectivity index (χ4n) is 1.68. The fourth-order valence-corrected chi connectivity index (χ4v) is 1.68. The van der Waals surface area contributed by atoms with Crippen LogP contribution in [0.2, 0.25) is 0 Å². The number of ether oxygens (including phenoxy) is 1. The summed E-state index contributed by atoms with van der Waals surface area (Å²) in [5.74, 6) is 0.646. The van der Waals surface area contributed by atoms with Gasteiger partial charge in [0.15, 0.2) is 0 Å². The number of rotatable bonds is 5. The Bertz CT molecular complexity index is 617. The second kappa shape index (κ2) is 5.85. The molecule has 0 radical (unpaired) electrons. The molecular formula is C12H14N4O3. The number of aromatic nitrogens is 3. The average Bonchev–Trinajstić information content (AvgIpc) is 2.82. The van der Waals surface area contributed by atoms with Crippen molar-refractivity contribution in [3.63, 3.8) is 0 Å². The summed E-state index contributed by atoms with van der Waals surface area (Å²) < 4.78 is 5.20. The third-order valence-electron chi connectivity index (χ3n) is 2.57. The number of hydrogen-bond donors (Lipinski definition) is 3. The predicted molar refractivity (Wildman–Crippen MR) is 69.2 cm³/mol. The van der Waals surface area contributed by atoms with Gasteiger partial charge in [-0.1, -0.05) is 18.2 Å². The van der Waals surface area contributed by atoms with E-state index in [9.17, 15) is 9.59 Å². The molecule has 0 aliphatic carbocycles. The maximum absolute atomic E-state index is 11.7. The molecule has 2 aromatic rings. The molecule has 1 aromatic heterocycles. The largest absolute Gasteiger partial charge is 0.496 e. The first-order chi connectivity index (χ1) is 9.19. The van der Waals surface area contributed by atoms with Crippen LogP contribution in [0.15, 0.2) is 29.1 Å². The molecule has 0 atom stereocenters. The molecule has 3 N–H and O–H groups in total. The van der Waals surface area contributed by atoms with Crippen molar-refractivity contribution in [2.45, 2.75) is 12.8 Å². The van der Waals surface area contributed by atoms with Crippen LogP contribution in [0.4, 0.5) is 5.95 Å². The zero-order valence-corrected chi connectivity index (χ0v) is 10.4. The lowest BCUT2D eigenvalue weighted by Gasteiger charge is -2.07. The highest BCUT2D eigenvalue weighted by Gasteiger charge is 2.08. The maximum Gasteiger partial charge on any atom is 0.342 e. The summed E-state index contributed by atoms with van der Waals surface area (Å²) in [7, 11) is 1.59. The predicted octanol–water partition coefficient (Wildman–Crippen LogP) is 0.678. The minimum atomic E-state index is -0.458. The number of carbonyl (C=O) groups excluding carboxylic acids is 1. The Balaban J connectivity index is 1.91. The van der Waals surface area contributed by atoms with Crippen molar-refractivity contribution in [3.05, 3.63) is 40.3 Å². The maximum atomic E-state index is 11.7. The summed E-state index contributed by atoms with van der Waals surface area (Å²) in [5, 5.41) is 8.26. The van der Waals surface area contributed by atoms with Gasteiger partial charge in [-0.15, -0.1) is 5.10 Å². The highest BCUT2D eigenvalue weighted by Crippen LogP contribution is 2.18. The van der Waals surface area contributed by atoms with E-state index in [4.69, 9.17) is 4.74 Å². The minimum absolute atomic E-state index is 0.120. The van der Waals surface area contributed by atoms with E-state index < -0.39 is 5.69 Å². The molecule has 19 heavy (non-hydrogen) atoms. The number of nitrogens with one attached hydrogen (secondary N) is 3. The number of nitrogens with zero attached hydrogens (tertiary/aromatic N) is 1. The van der Waals surface area contributed by atoms with Crippen molar-refractivity contribution < 1.29 is 9.53 Å². The lowest BCUT2D eigenvalue weighted by atomic mass is 10.1. The molecule has 100 valence electrons. The van der Waals surface area contributed by atoms with E-state index in [1.165, 1.54) is 0 Å². The Morgan fingerprint density at radius 3 is 2.89 bits per heavy atom.